The van der Waals surface area contributed by atoms with Gasteiger partial charge in [-0.1, -0.05) is 22.0 Å². The van der Waals surface area contributed by atoms with Crippen LogP contribution in [0.5, 0.6) is 0 Å². The van der Waals surface area contributed by atoms with Crippen LogP contribution in [0.1, 0.15) is 12.0 Å². The lowest BCUT2D eigenvalue weighted by atomic mass is 10.2. The first kappa shape index (κ1) is 16.9. The lowest BCUT2D eigenvalue weighted by Crippen LogP contribution is -2.34. The molecular formula is C12H18BrClN2O2S. The van der Waals surface area contributed by atoms with Crippen LogP contribution in [0.3, 0.4) is 0 Å². The van der Waals surface area contributed by atoms with Gasteiger partial charge < -0.3 is 5.32 Å². The van der Waals surface area contributed by atoms with Crippen LogP contribution in [0.4, 0.5) is 0 Å². The fourth-order valence-corrected chi connectivity index (χ4v) is 4.29. The van der Waals surface area contributed by atoms with E-state index in [1.54, 1.807) is 10.4 Å². The van der Waals surface area contributed by atoms with Gasteiger partial charge in [0.2, 0.25) is 10.0 Å². The summed E-state index contributed by atoms with van der Waals surface area (Å²) in [5.74, 6) is 0. The molecule has 0 atom stereocenters. The third kappa shape index (κ3) is 3.92. The van der Waals surface area contributed by atoms with E-state index in [0.29, 0.717) is 24.5 Å². The highest BCUT2D eigenvalue weighted by Gasteiger charge is 2.26. The Labute approximate surface area is 129 Å². The molecule has 1 aliphatic heterocycles. The number of rotatable bonds is 2. The van der Waals surface area contributed by atoms with Gasteiger partial charge in [0.25, 0.3) is 0 Å². The number of nitrogens with zero attached hydrogens (tertiary/aromatic N) is 1. The Morgan fingerprint density at radius 3 is 2.74 bits per heavy atom. The van der Waals surface area contributed by atoms with E-state index in [0.717, 1.165) is 23.0 Å². The first-order chi connectivity index (χ1) is 8.51. The standard InChI is InChI=1S/C12H17BrN2O2S.ClH/c1-10-3-4-11(13)9-12(10)18(16,17)15-7-2-5-14-6-8-15;/h3-4,9,14H,2,5-8H2,1H3;1H. The third-order valence-corrected chi connectivity index (χ3v) is 5.60. The quantitative estimate of drug-likeness (QED) is 0.869. The van der Waals surface area contributed by atoms with Crippen LogP contribution in [-0.4, -0.2) is 38.9 Å². The molecule has 0 amide bonds. The smallest absolute Gasteiger partial charge is 0.243 e. The highest BCUT2D eigenvalue weighted by Crippen LogP contribution is 2.24. The molecular weight excluding hydrogens is 352 g/mol. The number of hydrogen-bond acceptors (Lipinski definition) is 3. The van der Waals surface area contributed by atoms with Crippen molar-refractivity contribution < 1.29 is 8.42 Å². The van der Waals surface area contributed by atoms with Crippen molar-refractivity contribution in [3.8, 4) is 0 Å². The van der Waals surface area contributed by atoms with Crippen LogP contribution in [-0.2, 0) is 10.0 Å². The Morgan fingerprint density at radius 2 is 2.00 bits per heavy atom. The molecule has 0 spiro atoms. The highest BCUT2D eigenvalue weighted by atomic mass is 79.9. The molecule has 1 fully saturated rings. The van der Waals surface area contributed by atoms with Gasteiger partial charge in [-0.2, -0.15) is 4.31 Å². The Bertz CT molecular complexity index is 529. The lowest BCUT2D eigenvalue weighted by Gasteiger charge is -2.20. The van der Waals surface area contributed by atoms with Crippen molar-refractivity contribution in [3.63, 3.8) is 0 Å². The zero-order chi connectivity index (χ0) is 13.2. The molecule has 1 N–H and O–H groups in total. The Kier molecular flexibility index (Phi) is 6.26. The molecule has 0 aliphatic carbocycles. The van der Waals surface area contributed by atoms with Crippen molar-refractivity contribution in [2.75, 3.05) is 26.2 Å². The van der Waals surface area contributed by atoms with E-state index in [4.69, 9.17) is 0 Å². The first-order valence-electron chi connectivity index (χ1n) is 5.99. The van der Waals surface area contributed by atoms with Gasteiger partial charge in [-0.3, -0.25) is 0 Å². The maximum atomic E-state index is 12.6. The number of benzene rings is 1. The van der Waals surface area contributed by atoms with Crippen LogP contribution in [0.25, 0.3) is 0 Å². The number of aryl methyl sites for hydroxylation is 1. The second kappa shape index (κ2) is 7.04. The van der Waals surface area contributed by atoms with Gasteiger partial charge in [0.15, 0.2) is 0 Å². The molecule has 108 valence electrons. The van der Waals surface area contributed by atoms with Gasteiger partial charge in [-0.25, -0.2) is 8.42 Å². The maximum absolute atomic E-state index is 12.6. The highest BCUT2D eigenvalue weighted by molar-refractivity contribution is 9.10. The zero-order valence-corrected chi connectivity index (χ0v) is 13.9. The van der Waals surface area contributed by atoms with Gasteiger partial charge >= 0.3 is 0 Å². The predicted octanol–water partition coefficient (Wildman–Crippen LogP) is 2.16. The fraction of sp³-hybridized carbons (Fsp3) is 0.500. The second-order valence-electron chi connectivity index (χ2n) is 4.42. The molecule has 0 saturated carbocycles. The number of halogens is 2. The summed E-state index contributed by atoms with van der Waals surface area (Å²) in [6, 6.07) is 5.37. The topological polar surface area (TPSA) is 49.4 Å². The van der Waals surface area contributed by atoms with Crippen molar-refractivity contribution in [2.45, 2.75) is 18.2 Å². The van der Waals surface area contributed by atoms with Crippen LogP contribution in [0.15, 0.2) is 27.6 Å². The van der Waals surface area contributed by atoms with E-state index < -0.39 is 10.0 Å². The van der Waals surface area contributed by atoms with E-state index in [1.165, 1.54) is 0 Å². The minimum Gasteiger partial charge on any atom is -0.315 e. The summed E-state index contributed by atoms with van der Waals surface area (Å²) in [7, 11) is -3.38. The summed E-state index contributed by atoms with van der Waals surface area (Å²) in [6.45, 7) is 4.54. The minimum atomic E-state index is -3.38. The molecule has 1 heterocycles. The first-order valence-corrected chi connectivity index (χ1v) is 8.22. The van der Waals surface area contributed by atoms with Crippen molar-refractivity contribution in [2.24, 2.45) is 0 Å². The van der Waals surface area contributed by atoms with Gasteiger partial charge in [0, 0.05) is 24.1 Å². The lowest BCUT2D eigenvalue weighted by molar-refractivity contribution is 0.431. The van der Waals surface area contributed by atoms with E-state index in [1.807, 2.05) is 19.1 Å². The van der Waals surface area contributed by atoms with Gasteiger partial charge in [0.1, 0.15) is 0 Å². The molecule has 19 heavy (non-hydrogen) atoms. The molecule has 1 saturated heterocycles. The Balaban J connectivity index is 0.00000180. The SMILES string of the molecule is Cc1ccc(Br)cc1S(=O)(=O)N1CCCNCC1.Cl. The third-order valence-electron chi connectivity index (χ3n) is 3.07. The predicted molar refractivity (Wildman–Crippen MR) is 82.4 cm³/mol. The molecule has 2 rings (SSSR count). The van der Waals surface area contributed by atoms with E-state index >= 15 is 0 Å². The monoisotopic (exact) mass is 368 g/mol. The van der Waals surface area contributed by atoms with Crippen molar-refractivity contribution in [3.05, 3.63) is 28.2 Å². The van der Waals surface area contributed by atoms with Gasteiger partial charge in [0.05, 0.1) is 4.90 Å². The summed E-state index contributed by atoms with van der Waals surface area (Å²) < 4.78 is 27.5. The van der Waals surface area contributed by atoms with Gasteiger partial charge in [-0.15, -0.1) is 12.4 Å². The maximum Gasteiger partial charge on any atom is 0.243 e. The number of hydrogen-bond donors (Lipinski definition) is 1. The molecule has 1 aliphatic rings. The molecule has 0 unspecified atom stereocenters. The minimum absolute atomic E-state index is 0. The molecule has 0 bridgehead atoms. The van der Waals surface area contributed by atoms with Crippen molar-refractivity contribution in [1.29, 1.82) is 0 Å². The summed E-state index contributed by atoms with van der Waals surface area (Å²) in [4.78, 5) is 0.402. The van der Waals surface area contributed by atoms with Crippen LogP contribution >= 0.6 is 28.3 Å². The van der Waals surface area contributed by atoms with Crippen molar-refractivity contribution in [1.82, 2.24) is 9.62 Å². The largest absolute Gasteiger partial charge is 0.315 e. The van der Waals surface area contributed by atoms with E-state index in [-0.39, 0.29) is 12.4 Å². The number of nitrogens with one attached hydrogen (secondary N) is 1. The Hall–Kier alpha value is -0.140. The van der Waals surface area contributed by atoms with Gasteiger partial charge in [-0.05, 0) is 37.6 Å². The van der Waals surface area contributed by atoms with E-state index in [9.17, 15) is 8.42 Å². The molecule has 0 radical (unpaired) electrons. The van der Waals surface area contributed by atoms with Crippen LogP contribution < -0.4 is 5.32 Å². The molecule has 1 aromatic carbocycles. The second-order valence-corrected chi connectivity index (χ2v) is 7.24. The number of sulfonamides is 1. The Morgan fingerprint density at radius 1 is 1.26 bits per heavy atom. The fourth-order valence-electron chi connectivity index (χ4n) is 2.05. The molecule has 1 aromatic rings. The molecule has 4 nitrogen and oxygen atoms in total. The van der Waals surface area contributed by atoms with Crippen LogP contribution in [0.2, 0.25) is 0 Å². The molecule has 0 aromatic heterocycles. The van der Waals surface area contributed by atoms with Crippen LogP contribution in [0, 0.1) is 6.92 Å². The normalized spacial score (nSPS) is 17.6. The average Bonchev–Trinajstić information content (AvgIpc) is 2.61. The zero-order valence-electron chi connectivity index (χ0n) is 10.7. The van der Waals surface area contributed by atoms with Crippen molar-refractivity contribution >= 4 is 38.4 Å². The summed E-state index contributed by atoms with van der Waals surface area (Å²) in [5, 5.41) is 3.21. The molecule has 7 heteroatoms. The average molecular weight is 370 g/mol. The summed E-state index contributed by atoms with van der Waals surface area (Å²) >= 11 is 3.33. The summed E-state index contributed by atoms with van der Waals surface area (Å²) in [6.07, 6.45) is 0.853. The van der Waals surface area contributed by atoms with E-state index in [2.05, 4.69) is 21.2 Å². The summed E-state index contributed by atoms with van der Waals surface area (Å²) in [5.41, 5.74) is 0.787.